The van der Waals surface area contributed by atoms with E-state index in [-0.39, 0.29) is 33.4 Å². The molecule has 2 aromatic carbocycles. The molecule has 11 heteroatoms. The number of hydrogen-bond acceptors (Lipinski definition) is 10. The van der Waals surface area contributed by atoms with Gasteiger partial charge in [-0.15, -0.1) is 0 Å². The van der Waals surface area contributed by atoms with Gasteiger partial charge >= 0.3 is 5.97 Å². The summed E-state index contributed by atoms with van der Waals surface area (Å²) in [5.74, 6) is -0.154. The number of methoxy groups -OCH3 is 3. The van der Waals surface area contributed by atoms with Crippen molar-refractivity contribution in [1.82, 2.24) is 4.98 Å². The molecule has 1 unspecified atom stereocenters. The average molecular weight is 551 g/mol. The summed E-state index contributed by atoms with van der Waals surface area (Å²) < 4.78 is 27.8. The van der Waals surface area contributed by atoms with Gasteiger partial charge < -0.3 is 23.4 Å². The van der Waals surface area contributed by atoms with Gasteiger partial charge in [-0.25, -0.2) is 9.78 Å². The molecule has 0 saturated heterocycles. The van der Waals surface area contributed by atoms with E-state index in [1.807, 2.05) is 6.92 Å². The van der Waals surface area contributed by atoms with Crippen LogP contribution >= 0.6 is 11.3 Å². The first-order valence-corrected chi connectivity index (χ1v) is 12.9. The Labute approximate surface area is 227 Å². The number of aryl methyl sites for hydroxylation is 2. The number of carbonyl (C=O) groups is 2. The number of benzene rings is 2. The SMILES string of the molecule is CCOC(=O)c1sc(N2C(=O)c3oc4ccc(C)cc4c(=O)c3C2c2cc(OC)c(OC)c(OC)c2)nc1C. The first kappa shape index (κ1) is 26.2. The lowest BCUT2D eigenvalue weighted by Crippen LogP contribution is -2.29. The molecule has 3 heterocycles. The number of nitrogens with zero attached hydrogens (tertiary/aromatic N) is 2. The zero-order chi connectivity index (χ0) is 28.0. The average Bonchev–Trinajstić information content (AvgIpc) is 3.45. The van der Waals surface area contributed by atoms with Crippen molar-refractivity contribution in [1.29, 1.82) is 0 Å². The summed E-state index contributed by atoms with van der Waals surface area (Å²) in [5, 5.41) is 0.564. The van der Waals surface area contributed by atoms with E-state index in [1.54, 1.807) is 44.2 Å². The Morgan fingerprint density at radius 2 is 1.74 bits per heavy atom. The predicted molar refractivity (Wildman–Crippen MR) is 145 cm³/mol. The van der Waals surface area contributed by atoms with Crippen molar-refractivity contribution >= 4 is 39.3 Å². The number of amides is 1. The minimum Gasteiger partial charge on any atom is -0.493 e. The molecule has 0 saturated carbocycles. The van der Waals surface area contributed by atoms with Gasteiger partial charge in [0.1, 0.15) is 10.5 Å². The minimum atomic E-state index is -0.956. The van der Waals surface area contributed by atoms with E-state index in [0.717, 1.165) is 16.9 Å². The van der Waals surface area contributed by atoms with Crippen molar-refractivity contribution in [2.75, 3.05) is 32.8 Å². The molecule has 0 spiro atoms. The fraction of sp³-hybridized carbons (Fsp3) is 0.286. The maximum Gasteiger partial charge on any atom is 0.350 e. The lowest BCUT2D eigenvalue weighted by atomic mass is 9.97. The zero-order valence-electron chi connectivity index (χ0n) is 22.2. The fourth-order valence-electron chi connectivity index (χ4n) is 4.73. The second-order valence-corrected chi connectivity index (χ2v) is 9.82. The summed E-state index contributed by atoms with van der Waals surface area (Å²) in [6.07, 6.45) is 0. The van der Waals surface area contributed by atoms with Gasteiger partial charge in [0.2, 0.25) is 11.5 Å². The Balaban J connectivity index is 1.80. The number of rotatable bonds is 7. The molecule has 0 radical (unpaired) electrons. The molecule has 1 amide bonds. The Morgan fingerprint density at radius 3 is 2.36 bits per heavy atom. The molecule has 2 aromatic heterocycles. The number of fused-ring (bicyclic) bond motifs is 2. The zero-order valence-corrected chi connectivity index (χ0v) is 23.1. The van der Waals surface area contributed by atoms with Crippen LogP contribution in [0.5, 0.6) is 17.2 Å². The monoisotopic (exact) mass is 550 g/mol. The molecule has 0 fully saturated rings. The number of aromatic nitrogens is 1. The lowest BCUT2D eigenvalue weighted by molar-refractivity contribution is 0.0531. The van der Waals surface area contributed by atoms with Gasteiger partial charge in [-0.05, 0) is 50.6 Å². The van der Waals surface area contributed by atoms with E-state index >= 15 is 0 Å². The number of anilines is 1. The van der Waals surface area contributed by atoms with Crippen molar-refractivity contribution < 1.29 is 33.0 Å². The molecule has 0 bridgehead atoms. The number of esters is 1. The first-order valence-electron chi connectivity index (χ1n) is 12.1. The second-order valence-electron chi connectivity index (χ2n) is 8.84. The van der Waals surface area contributed by atoms with Gasteiger partial charge in [-0.3, -0.25) is 14.5 Å². The molecule has 202 valence electrons. The van der Waals surface area contributed by atoms with Gasteiger partial charge in [0.25, 0.3) is 5.91 Å². The molecule has 4 aromatic rings. The topological polar surface area (TPSA) is 117 Å². The van der Waals surface area contributed by atoms with Gasteiger partial charge in [0, 0.05) is 0 Å². The Kier molecular flexibility index (Phi) is 6.77. The third kappa shape index (κ3) is 4.19. The van der Waals surface area contributed by atoms with Gasteiger partial charge in [-0.1, -0.05) is 23.0 Å². The second kappa shape index (κ2) is 10.1. The highest BCUT2D eigenvalue weighted by molar-refractivity contribution is 7.17. The van der Waals surface area contributed by atoms with Crippen molar-refractivity contribution in [3.8, 4) is 17.2 Å². The third-order valence-corrected chi connectivity index (χ3v) is 7.62. The molecule has 1 aliphatic heterocycles. The summed E-state index contributed by atoms with van der Waals surface area (Å²) in [6, 6.07) is 7.60. The van der Waals surface area contributed by atoms with Crippen LogP contribution in [0.1, 0.15) is 55.6 Å². The molecule has 39 heavy (non-hydrogen) atoms. The Morgan fingerprint density at radius 1 is 1.05 bits per heavy atom. The summed E-state index contributed by atoms with van der Waals surface area (Å²) >= 11 is 1.01. The van der Waals surface area contributed by atoms with Crippen molar-refractivity contribution in [3.05, 3.63) is 73.6 Å². The quantitative estimate of drug-likeness (QED) is 0.299. The maximum absolute atomic E-state index is 14.0. The van der Waals surface area contributed by atoms with E-state index in [1.165, 1.54) is 26.2 Å². The Hall–Kier alpha value is -4.38. The lowest BCUT2D eigenvalue weighted by Gasteiger charge is -2.24. The van der Waals surface area contributed by atoms with E-state index < -0.39 is 17.9 Å². The molecule has 5 rings (SSSR count). The number of hydrogen-bond donors (Lipinski definition) is 0. The summed E-state index contributed by atoms with van der Waals surface area (Å²) in [6.45, 7) is 5.43. The van der Waals surface area contributed by atoms with E-state index in [9.17, 15) is 14.4 Å². The number of ether oxygens (including phenoxy) is 4. The van der Waals surface area contributed by atoms with Crippen LogP contribution in [-0.4, -0.2) is 44.8 Å². The molecular weight excluding hydrogens is 524 g/mol. The van der Waals surface area contributed by atoms with Crippen molar-refractivity contribution in [3.63, 3.8) is 0 Å². The van der Waals surface area contributed by atoms with Gasteiger partial charge in [0.15, 0.2) is 22.1 Å². The van der Waals surface area contributed by atoms with Crippen LogP contribution in [-0.2, 0) is 4.74 Å². The van der Waals surface area contributed by atoms with Crippen LogP contribution in [0.3, 0.4) is 0 Å². The smallest absolute Gasteiger partial charge is 0.350 e. The van der Waals surface area contributed by atoms with Crippen LogP contribution < -0.4 is 24.5 Å². The van der Waals surface area contributed by atoms with E-state index in [2.05, 4.69) is 4.98 Å². The highest BCUT2D eigenvalue weighted by atomic mass is 32.1. The van der Waals surface area contributed by atoms with Crippen molar-refractivity contribution in [2.24, 2.45) is 0 Å². The molecule has 1 aliphatic rings. The van der Waals surface area contributed by atoms with Gasteiger partial charge in [-0.2, -0.15) is 0 Å². The highest BCUT2D eigenvalue weighted by Crippen LogP contribution is 2.47. The summed E-state index contributed by atoms with van der Waals surface area (Å²) in [7, 11) is 4.44. The standard InChI is InChI=1S/C28H26N2O8S/c1-7-37-27(33)25-14(3)29-28(39-25)30-21(15-11-18(34-4)23(36-6)19(12-15)35-5)20-22(31)16-10-13(2)8-9-17(16)38-24(20)26(30)32/h8-12,21H,7H2,1-6H3. The molecule has 10 nitrogen and oxygen atoms in total. The molecule has 1 atom stereocenters. The van der Waals surface area contributed by atoms with E-state index in [4.69, 9.17) is 23.4 Å². The van der Waals surface area contributed by atoms with Crippen LogP contribution in [0.15, 0.2) is 39.5 Å². The minimum absolute atomic E-state index is 0.0966. The molecular formula is C28H26N2O8S. The summed E-state index contributed by atoms with van der Waals surface area (Å²) in [4.78, 5) is 46.6. The van der Waals surface area contributed by atoms with Crippen LogP contribution in [0.2, 0.25) is 0 Å². The maximum atomic E-state index is 14.0. The van der Waals surface area contributed by atoms with E-state index in [0.29, 0.717) is 39.5 Å². The van der Waals surface area contributed by atoms with Crippen LogP contribution in [0.25, 0.3) is 11.0 Å². The molecule has 0 aliphatic carbocycles. The van der Waals surface area contributed by atoms with Crippen LogP contribution in [0.4, 0.5) is 5.13 Å². The normalized spacial score (nSPS) is 14.5. The van der Waals surface area contributed by atoms with Gasteiger partial charge in [0.05, 0.1) is 50.6 Å². The number of carbonyl (C=O) groups excluding carboxylic acids is 2. The molecule has 0 N–H and O–H groups in total. The number of thiazole rings is 1. The third-order valence-electron chi connectivity index (χ3n) is 6.48. The van der Waals surface area contributed by atoms with Crippen LogP contribution in [0, 0.1) is 13.8 Å². The highest BCUT2D eigenvalue weighted by Gasteiger charge is 2.46. The van der Waals surface area contributed by atoms with Crippen molar-refractivity contribution in [2.45, 2.75) is 26.8 Å². The summed E-state index contributed by atoms with van der Waals surface area (Å²) in [5.41, 5.74) is 1.88. The predicted octanol–water partition coefficient (Wildman–Crippen LogP) is 4.82. The first-order chi connectivity index (χ1) is 18.7. The largest absolute Gasteiger partial charge is 0.493 e. The Bertz CT molecular complexity index is 1660. The fourth-order valence-corrected chi connectivity index (χ4v) is 5.72.